The van der Waals surface area contributed by atoms with Crippen molar-refractivity contribution in [3.63, 3.8) is 0 Å². The van der Waals surface area contributed by atoms with Crippen LogP contribution in [0.1, 0.15) is 32.3 Å². The van der Waals surface area contributed by atoms with Gasteiger partial charge in [-0.25, -0.2) is 8.78 Å². The number of halogens is 2. The molecule has 3 heteroatoms. The van der Waals surface area contributed by atoms with E-state index in [0.717, 1.165) is 19.4 Å². The molecule has 0 saturated heterocycles. The molecule has 0 aliphatic heterocycles. The highest BCUT2D eigenvalue weighted by Crippen LogP contribution is 2.48. The Labute approximate surface area is 101 Å². The van der Waals surface area contributed by atoms with Crippen molar-refractivity contribution in [2.75, 3.05) is 6.54 Å². The molecule has 1 aromatic rings. The molecule has 0 heterocycles. The Kier molecular flexibility index (Phi) is 3.48. The molecule has 2 rings (SSSR count). The predicted molar refractivity (Wildman–Crippen MR) is 64.9 cm³/mol. The van der Waals surface area contributed by atoms with E-state index >= 15 is 0 Å². The molecule has 0 bridgehead atoms. The monoisotopic (exact) mass is 239 g/mol. The van der Waals surface area contributed by atoms with Crippen LogP contribution in [0.2, 0.25) is 0 Å². The van der Waals surface area contributed by atoms with Crippen molar-refractivity contribution in [3.8, 4) is 0 Å². The minimum atomic E-state index is -0.353. The Morgan fingerprint density at radius 1 is 1.29 bits per heavy atom. The molecule has 1 N–H and O–H groups in total. The zero-order valence-electron chi connectivity index (χ0n) is 10.4. The second kappa shape index (κ2) is 4.73. The van der Waals surface area contributed by atoms with Crippen molar-refractivity contribution < 1.29 is 8.78 Å². The van der Waals surface area contributed by atoms with Gasteiger partial charge >= 0.3 is 0 Å². The second-order valence-corrected chi connectivity index (χ2v) is 5.45. The summed E-state index contributed by atoms with van der Waals surface area (Å²) in [6.07, 6.45) is 2.83. The van der Waals surface area contributed by atoms with Crippen LogP contribution in [0.3, 0.4) is 0 Å². The van der Waals surface area contributed by atoms with E-state index in [1.165, 1.54) is 18.2 Å². The molecular formula is C14H19F2N. The lowest BCUT2D eigenvalue weighted by Crippen LogP contribution is -2.31. The van der Waals surface area contributed by atoms with Crippen LogP contribution < -0.4 is 5.32 Å². The lowest BCUT2D eigenvalue weighted by molar-refractivity contribution is 0.421. The summed E-state index contributed by atoms with van der Waals surface area (Å²) in [5.74, 6) is -0.642. The topological polar surface area (TPSA) is 12.0 Å². The minimum absolute atomic E-state index is 0.152. The van der Waals surface area contributed by atoms with Crippen LogP contribution in [0.4, 0.5) is 8.78 Å². The smallest absolute Gasteiger partial charge is 0.126 e. The van der Waals surface area contributed by atoms with E-state index < -0.39 is 0 Å². The minimum Gasteiger partial charge on any atom is -0.314 e. The first-order valence-corrected chi connectivity index (χ1v) is 6.18. The summed E-state index contributed by atoms with van der Waals surface area (Å²) in [5, 5.41) is 3.39. The van der Waals surface area contributed by atoms with Gasteiger partial charge < -0.3 is 5.32 Å². The third kappa shape index (κ3) is 3.25. The fourth-order valence-corrected chi connectivity index (χ4v) is 2.10. The summed E-state index contributed by atoms with van der Waals surface area (Å²) in [7, 11) is 0. The Morgan fingerprint density at radius 2 is 2.00 bits per heavy atom. The molecule has 1 aliphatic carbocycles. The molecule has 0 aromatic heterocycles. The molecule has 0 atom stereocenters. The zero-order chi connectivity index (χ0) is 12.5. The van der Waals surface area contributed by atoms with E-state index in [1.807, 2.05) is 0 Å². The molecule has 1 nitrogen and oxygen atoms in total. The SMILES string of the molecule is CC(C)NCC1(Cc2cc(F)ccc2F)CC1. The van der Waals surface area contributed by atoms with Crippen LogP contribution in [0, 0.1) is 17.0 Å². The lowest BCUT2D eigenvalue weighted by Gasteiger charge is -2.18. The molecular weight excluding hydrogens is 220 g/mol. The van der Waals surface area contributed by atoms with E-state index in [-0.39, 0.29) is 17.0 Å². The van der Waals surface area contributed by atoms with Crippen LogP contribution in [0.25, 0.3) is 0 Å². The number of hydrogen-bond donors (Lipinski definition) is 1. The van der Waals surface area contributed by atoms with Crippen LogP contribution in [-0.2, 0) is 6.42 Å². The Hall–Kier alpha value is -0.960. The van der Waals surface area contributed by atoms with E-state index in [9.17, 15) is 8.78 Å². The van der Waals surface area contributed by atoms with Crippen LogP contribution >= 0.6 is 0 Å². The standard InChI is InChI=1S/C14H19F2N/c1-10(2)17-9-14(5-6-14)8-11-7-12(15)3-4-13(11)16/h3-4,7,10,17H,5-6,8-9H2,1-2H3. The first kappa shape index (κ1) is 12.5. The van der Waals surface area contributed by atoms with Crippen molar-refractivity contribution in [2.45, 2.75) is 39.2 Å². The highest BCUT2D eigenvalue weighted by atomic mass is 19.1. The normalized spacial score (nSPS) is 17.5. The van der Waals surface area contributed by atoms with Gasteiger partial charge in [-0.2, -0.15) is 0 Å². The van der Waals surface area contributed by atoms with Gasteiger partial charge in [-0.15, -0.1) is 0 Å². The average Bonchev–Trinajstić information content (AvgIpc) is 3.02. The van der Waals surface area contributed by atoms with Gasteiger partial charge in [0.2, 0.25) is 0 Å². The van der Waals surface area contributed by atoms with E-state index in [4.69, 9.17) is 0 Å². The highest BCUT2D eigenvalue weighted by molar-refractivity contribution is 5.22. The summed E-state index contributed by atoms with van der Waals surface area (Å²) in [4.78, 5) is 0. The Bertz CT molecular complexity index is 397. The average molecular weight is 239 g/mol. The quantitative estimate of drug-likeness (QED) is 0.831. The largest absolute Gasteiger partial charge is 0.314 e. The Morgan fingerprint density at radius 3 is 2.59 bits per heavy atom. The van der Waals surface area contributed by atoms with Crippen LogP contribution in [0.5, 0.6) is 0 Å². The second-order valence-electron chi connectivity index (χ2n) is 5.45. The molecule has 1 aromatic carbocycles. The number of hydrogen-bond acceptors (Lipinski definition) is 1. The van der Waals surface area contributed by atoms with Crippen molar-refractivity contribution in [2.24, 2.45) is 5.41 Å². The van der Waals surface area contributed by atoms with Gasteiger partial charge in [0.25, 0.3) is 0 Å². The maximum absolute atomic E-state index is 13.5. The maximum atomic E-state index is 13.5. The molecule has 1 aliphatic rings. The third-order valence-electron chi connectivity index (χ3n) is 3.42. The van der Waals surface area contributed by atoms with Gasteiger partial charge in [0, 0.05) is 12.6 Å². The summed E-state index contributed by atoms with van der Waals surface area (Å²) in [6.45, 7) is 5.08. The fraction of sp³-hybridized carbons (Fsp3) is 0.571. The number of benzene rings is 1. The molecule has 94 valence electrons. The zero-order valence-corrected chi connectivity index (χ0v) is 10.4. The van der Waals surface area contributed by atoms with Crippen molar-refractivity contribution in [1.82, 2.24) is 5.32 Å². The van der Waals surface area contributed by atoms with E-state index in [1.54, 1.807) is 0 Å². The van der Waals surface area contributed by atoms with Gasteiger partial charge in [-0.1, -0.05) is 13.8 Å². The van der Waals surface area contributed by atoms with E-state index in [0.29, 0.717) is 18.0 Å². The summed E-state index contributed by atoms with van der Waals surface area (Å²) < 4.78 is 26.6. The molecule has 0 amide bonds. The Balaban J connectivity index is 2.02. The maximum Gasteiger partial charge on any atom is 0.126 e. The van der Waals surface area contributed by atoms with Crippen molar-refractivity contribution in [3.05, 3.63) is 35.4 Å². The van der Waals surface area contributed by atoms with Gasteiger partial charge in [0.1, 0.15) is 11.6 Å². The first-order chi connectivity index (χ1) is 8.01. The summed E-state index contributed by atoms with van der Waals surface area (Å²) >= 11 is 0. The summed E-state index contributed by atoms with van der Waals surface area (Å²) in [6, 6.07) is 4.15. The molecule has 0 spiro atoms. The summed E-state index contributed by atoms with van der Waals surface area (Å²) in [5.41, 5.74) is 0.659. The van der Waals surface area contributed by atoms with Crippen molar-refractivity contribution >= 4 is 0 Å². The predicted octanol–water partition coefficient (Wildman–Crippen LogP) is 3.29. The molecule has 1 fully saturated rings. The lowest BCUT2D eigenvalue weighted by atomic mass is 9.95. The fourth-order valence-electron chi connectivity index (χ4n) is 2.10. The van der Waals surface area contributed by atoms with Crippen LogP contribution in [0.15, 0.2) is 18.2 Å². The van der Waals surface area contributed by atoms with E-state index in [2.05, 4.69) is 19.2 Å². The van der Waals surface area contributed by atoms with Gasteiger partial charge in [-0.05, 0) is 48.4 Å². The van der Waals surface area contributed by atoms with Gasteiger partial charge in [0.15, 0.2) is 0 Å². The van der Waals surface area contributed by atoms with Gasteiger partial charge in [-0.3, -0.25) is 0 Å². The number of nitrogens with one attached hydrogen (secondary N) is 1. The first-order valence-electron chi connectivity index (χ1n) is 6.18. The molecule has 0 unspecified atom stereocenters. The van der Waals surface area contributed by atoms with Crippen LogP contribution in [-0.4, -0.2) is 12.6 Å². The number of rotatable bonds is 5. The molecule has 1 saturated carbocycles. The van der Waals surface area contributed by atoms with Crippen molar-refractivity contribution in [1.29, 1.82) is 0 Å². The third-order valence-corrected chi connectivity index (χ3v) is 3.42. The molecule has 0 radical (unpaired) electrons. The van der Waals surface area contributed by atoms with Gasteiger partial charge in [0.05, 0.1) is 0 Å². The highest BCUT2D eigenvalue weighted by Gasteiger charge is 2.42. The molecule has 17 heavy (non-hydrogen) atoms.